The van der Waals surface area contributed by atoms with Gasteiger partial charge < -0.3 is 10.8 Å². The lowest BCUT2D eigenvalue weighted by Gasteiger charge is -2.38. The smallest absolute Gasteiger partial charge is 0.130 e. The molecule has 2 aromatic carbocycles. The van der Waals surface area contributed by atoms with Crippen molar-refractivity contribution in [2.45, 2.75) is 31.9 Å². The zero-order chi connectivity index (χ0) is 14.6. The maximum absolute atomic E-state index is 11.4. The lowest BCUT2D eigenvalue weighted by atomic mass is 9.75. The molecule has 0 heterocycles. The summed E-state index contributed by atoms with van der Waals surface area (Å²) in [6.07, 6.45) is 0.934. The maximum Gasteiger partial charge on any atom is 0.130 e. The second kappa shape index (κ2) is 6.21. The van der Waals surface area contributed by atoms with Crippen LogP contribution >= 0.6 is 0 Å². The van der Waals surface area contributed by atoms with E-state index in [1.165, 1.54) is 0 Å². The summed E-state index contributed by atoms with van der Waals surface area (Å²) in [6.45, 7) is 4.18. The van der Waals surface area contributed by atoms with E-state index in [9.17, 15) is 5.11 Å². The lowest BCUT2D eigenvalue weighted by Crippen LogP contribution is -2.50. The van der Waals surface area contributed by atoms with Crippen LogP contribution < -0.4 is 5.73 Å². The first-order chi connectivity index (χ1) is 9.60. The van der Waals surface area contributed by atoms with E-state index in [1.807, 2.05) is 60.7 Å². The highest BCUT2D eigenvalue weighted by atomic mass is 16.3. The molecule has 2 aromatic rings. The molecule has 2 heteroatoms. The van der Waals surface area contributed by atoms with Gasteiger partial charge in [-0.2, -0.15) is 0 Å². The second-order valence-electron chi connectivity index (χ2n) is 5.41. The molecule has 0 aliphatic carbocycles. The SMILES string of the molecule is CCC(C)C(N)C(O)(c1ccccc1)c1ccccc1. The third-order valence-corrected chi connectivity index (χ3v) is 4.17. The van der Waals surface area contributed by atoms with E-state index in [1.54, 1.807) is 0 Å². The first-order valence-corrected chi connectivity index (χ1v) is 7.19. The summed E-state index contributed by atoms with van der Waals surface area (Å²) in [7, 11) is 0. The maximum atomic E-state index is 11.4. The highest BCUT2D eigenvalue weighted by Crippen LogP contribution is 2.35. The van der Waals surface area contributed by atoms with E-state index in [2.05, 4.69) is 13.8 Å². The topological polar surface area (TPSA) is 46.2 Å². The zero-order valence-corrected chi connectivity index (χ0v) is 12.2. The molecule has 0 aliphatic heterocycles. The Bertz CT molecular complexity index is 484. The molecule has 3 N–H and O–H groups in total. The van der Waals surface area contributed by atoms with Crippen LogP contribution in [0.25, 0.3) is 0 Å². The summed E-state index contributed by atoms with van der Waals surface area (Å²) in [5, 5.41) is 11.4. The molecular weight excluding hydrogens is 246 g/mol. The van der Waals surface area contributed by atoms with E-state index < -0.39 is 5.60 Å². The van der Waals surface area contributed by atoms with Crippen molar-refractivity contribution in [3.8, 4) is 0 Å². The predicted molar refractivity (Wildman–Crippen MR) is 83.3 cm³/mol. The molecule has 106 valence electrons. The fourth-order valence-corrected chi connectivity index (χ4v) is 2.60. The van der Waals surface area contributed by atoms with Crippen LogP contribution in [0.5, 0.6) is 0 Å². The molecule has 0 spiro atoms. The van der Waals surface area contributed by atoms with Gasteiger partial charge in [0.2, 0.25) is 0 Å². The van der Waals surface area contributed by atoms with Crippen LogP contribution in [0.1, 0.15) is 31.4 Å². The second-order valence-corrected chi connectivity index (χ2v) is 5.41. The van der Waals surface area contributed by atoms with Crippen molar-refractivity contribution in [1.29, 1.82) is 0 Å². The van der Waals surface area contributed by atoms with Crippen molar-refractivity contribution < 1.29 is 5.11 Å². The lowest BCUT2D eigenvalue weighted by molar-refractivity contribution is 0.0317. The highest BCUT2D eigenvalue weighted by Gasteiger charge is 2.40. The van der Waals surface area contributed by atoms with Gasteiger partial charge in [-0.25, -0.2) is 0 Å². The van der Waals surface area contributed by atoms with E-state index in [0.29, 0.717) is 0 Å². The average Bonchev–Trinajstić information content (AvgIpc) is 2.54. The van der Waals surface area contributed by atoms with Gasteiger partial charge in [-0.15, -0.1) is 0 Å². The summed E-state index contributed by atoms with van der Waals surface area (Å²) in [4.78, 5) is 0. The minimum atomic E-state index is -1.15. The molecule has 0 aliphatic rings. The van der Waals surface area contributed by atoms with E-state index >= 15 is 0 Å². The fourth-order valence-electron chi connectivity index (χ4n) is 2.60. The van der Waals surface area contributed by atoms with Crippen LogP contribution in [-0.2, 0) is 5.60 Å². The van der Waals surface area contributed by atoms with E-state index in [-0.39, 0.29) is 12.0 Å². The van der Waals surface area contributed by atoms with Gasteiger partial charge in [0.05, 0.1) is 0 Å². The van der Waals surface area contributed by atoms with E-state index in [0.717, 1.165) is 17.5 Å². The quantitative estimate of drug-likeness (QED) is 0.875. The summed E-state index contributed by atoms with van der Waals surface area (Å²) in [6, 6.07) is 19.1. The monoisotopic (exact) mass is 269 g/mol. The predicted octanol–water partition coefficient (Wildman–Crippen LogP) is 3.30. The Labute approximate surface area is 121 Å². The molecule has 0 aromatic heterocycles. The standard InChI is InChI=1S/C18H23NO/c1-3-14(2)17(19)18(20,15-10-6-4-7-11-15)16-12-8-5-9-13-16/h4-14,17,20H,3,19H2,1-2H3. The van der Waals surface area contributed by atoms with Crippen molar-refractivity contribution in [1.82, 2.24) is 0 Å². The van der Waals surface area contributed by atoms with Crippen LogP contribution in [0.4, 0.5) is 0 Å². The van der Waals surface area contributed by atoms with Gasteiger partial charge in [0.1, 0.15) is 5.60 Å². The third kappa shape index (κ3) is 2.62. The molecule has 0 saturated carbocycles. The first-order valence-electron chi connectivity index (χ1n) is 7.19. The van der Waals surface area contributed by atoms with Crippen LogP contribution in [0.2, 0.25) is 0 Å². The minimum absolute atomic E-state index is 0.223. The molecule has 2 rings (SSSR count). The normalized spacial score (nSPS) is 14.8. The number of nitrogens with two attached hydrogens (primary N) is 1. The van der Waals surface area contributed by atoms with Gasteiger partial charge in [0.25, 0.3) is 0 Å². The minimum Gasteiger partial charge on any atom is -0.379 e. The summed E-state index contributed by atoms with van der Waals surface area (Å²) in [5.74, 6) is 0.223. The summed E-state index contributed by atoms with van der Waals surface area (Å²) < 4.78 is 0. The molecule has 0 amide bonds. The highest BCUT2D eigenvalue weighted by molar-refractivity contribution is 5.38. The molecule has 0 saturated heterocycles. The van der Waals surface area contributed by atoms with Crippen molar-refractivity contribution in [2.75, 3.05) is 0 Å². The van der Waals surface area contributed by atoms with Crippen molar-refractivity contribution in [3.05, 3.63) is 71.8 Å². The third-order valence-electron chi connectivity index (χ3n) is 4.17. The van der Waals surface area contributed by atoms with E-state index in [4.69, 9.17) is 5.73 Å². The number of aliphatic hydroxyl groups is 1. The van der Waals surface area contributed by atoms with Crippen molar-refractivity contribution in [3.63, 3.8) is 0 Å². The van der Waals surface area contributed by atoms with Crippen LogP contribution in [0, 0.1) is 5.92 Å². The number of hydrogen-bond acceptors (Lipinski definition) is 2. The Morgan fingerprint density at radius 1 is 0.950 bits per heavy atom. The van der Waals surface area contributed by atoms with Gasteiger partial charge in [-0.3, -0.25) is 0 Å². The number of hydrogen-bond donors (Lipinski definition) is 2. The molecule has 0 bridgehead atoms. The van der Waals surface area contributed by atoms with Crippen molar-refractivity contribution in [2.24, 2.45) is 11.7 Å². The van der Waals surface area contributed by atoms with Crippen LogP contribution in [0.3, 0.4) is 0 Å². The van der Waals surface area contributed by atoms with Gasteiger partial charge in [-0.1, -0.05) is 80.9 Å². The van der Waals surface area contributed by atoms with Gasteiger partial charge in [0, 0.05) is 6.04 Å². The molecular formula is C18H23NO. The number of rotatable bonds is 5. The Morgan fingerprint density at radius 3 is 1.70 bits per heavy atom. The molecule has 2 nitrogen and oxygen atoms in total. The van der Waals surface area contributed by atoms with Crippen molar-refractivity contribution >= 4 is 0 Å². The van der Waals surface area contributed by atoms with Gasteiger partial charge >= 0.3 is 0 Å². The Kier molecular flexibility index (Phi) is 4.58. The van der Waals surface area contributed by atoms with Crippen LogP contribution in [-0.4, -0.2) is 11.1 Å². The first kappa shape index (κ1) is 14.8. The average molecular weight is 269 g/mol. The molecule has 20 heavy (non-hydrogen) atoms. The molecule has 2 atom stereocenters. The van der Waals surface area contributed by atoms with Gasteiger partial charge in [-0.05, 0) is 17.0 Å². The van der Waals surface area contributed by atoms with Crippen LogP contribution in [0.15, 0.2) is 60.7 Å². The van der Waals surface area contributed by atoms with Gasteiger partial charge in [0.15, 0.2) is 0 Å². The number of benzene rings is 2. The molecule has 0 radical (unpaired) electrons. The summed E-state index contributed by atoms with van der Waals surface area (Å²) in [5.41, 5.74) is 6.96. The zero-order valence-electron chi connectivity index (χ0n) is 12.2. The largest absolute Gasteiger partial charge is 0.379 e. The summed E-state index contributed by atoms with van der Waals surface area (Å²) >= 11 is 0. The Morgan fingerprint density at radius 2 is 1.35 bits per heavy atom. The molecule has 2 unspecified atom stereocenters. The Balaban J connectivity index is 2.55. The fraction of sp³-hybridized carbons (Fsp3) is 0.333. The Hall–Kier alpha value is -1.64. The molecule has 0 fully saturated rings.